The number of likely N-dealkylation sites (N-methyl/N-ethyl adjacent to an activating group) is 1. The van der Waals surface area contributed by atoms with E-state index in [9.17, 15) is 13.2 Å². The number of aliphatic imine (C=N–C) groups is 2. The molecule has 2 unspecified atom stereocenters. The molecular weight excluding hydrogens is 357 g/mol. The smallest absolute Gasteiger partial charge is 0.406 e. The minimum Gasteiger partial charge on any atom is -0.406 e. The molecule has 0 radical (unpaired) electrons. The summed E-state index contributed by atoms with van der Waals surface area (Å²) in [6.07, 6.45) is -2.31. The number of alkyl halides is 3. The van der Waals surface area contributed by atoms with E-state index < -0.39 is 6.36 Å². The lowest BCUT2D eigenvalue weighted by molar-refractivity contribution is -0.274. The molecule has 1 aliphatic carbocycles. The SMILES string of the molecule is CNC1CC1c1ccc(C(N)=NC=Nc2ccc(OC(F)(F)F)cc2)cc1. The zero-order valence-corrected chi connectivity index (χ0v) is 14.6. The number of rotatable bonds is 6. The van der Waals surface area contributed by atoms with E-state index in [1.165, 1.54) is 36.2 Å². The Hall–Kier alpha value is -2.87. The Labute approximate surface area is 154 Å². The first kappa shape index (κ1) is 18.9. The quantitative estimate of drug-likeness (QED) is 0.596. The van der Waals surface area contributed by atoms with Gasteiger partial charge in [-0.3, -0.25) is 0 Å². The molecular formula is C19H19F3N4O. The Bertz CT molecular complexity index is 830. The number of nitrogens with zero attached hydrogens (tertiary/aromatic N) is 2. The largest absolute Gasteiger partial charge is 0.573 e. The van der Waals surface area contributed by atoms with Crippen LogP contribution in [0.15, 0.2) is 58.5 Å². The molecule has 1 saturated carbocycles. The predicted molar refractivity (Wildman–Crippen MR) is 98.6 cm³/mol. The third-order valence-corrected chi connectivity index (χ3v) is 4.27. The fraction of sp³-hybridized carbons (Fsp3) is 0.263. The second-order valence-corrected chi connectivity index (χ2v) is 6.16. The number of halogens is 3. The lowest BCUT2D eigenvalue weighted by atomic mass is 10.1. The summed E-state index contributed by atoms with van der Waals surface area (Å²) in [5.41, 5.74) is 8.43. The van der Waals surface area contributed by atoms with E-state index in [1.807, 2.05) is 31.3 Å². The van der Waals surface area contributed by atoms with Gasteiger partial charge in [0.05, 0.1) is 5.69 Å². The van der Waals surface area contributed by atoms with Crippen molar-refractivity contribution in [2.45, 2.75) is 24.7 Å². The predicted octanol–water partition coefficient (Wildman–Crippen LogP) is 3.73. The molecule has 142 valence electrons. The van der Waals surface area contributed by atoms with Crippen LogP contribution < -0.4 is 15.8 Å². The van der Waals surface area contributed by atoms with Gasteiger partial charge >= 0.3 is 6.36 Å². The number of benzene rings is 2. The van der Waals surface area contributed by atoms with Crippen molar-refractivity contribution < 1.29 is 17.9 Å². The number of hydrogen-bond acceptors (Lipinski definition) is 3. The van der Waals surface area contributed by atoms with Gasteiger partial charge in [0.2, 0.25) is 0 Å². The third kappa shape index (κ3) is 5.30. The van der Waals surface area contributed by atoms with Gasteiger partial charge in [0, 0.05) is 17.5 Å². The molecule has 27 heavy (non-hydrogen) atoms. The van der Waals surface area contributed by atoms with E-state index in [0.29, 0.717) is 23.5 Å². The van der Waals surface area contributed by atoms with Crippen LogP contribution in [0.5, 0.6) is 5.75 Å². The number of amidine groups is 1. The average molecular weight is 376 g/mol. The highest BCUT2D eigenvalue weighted by atomic mass is 19.4. The minimum atomic E-state index is -4.72. The van der Waals surface area contributed by atoms with Gasteiger partial charge in [0.1, 0.15) is 17.9 Å². The van der Waals surface area contributed by atoms with Crippen molar-refractivity contribution in [2.24, 2.45) is 15.7 Å². The van der Waals surface area contributed by atoms with E-state index in [0.717, 1.165) is 12.0 Å². The lowest BCUT2D eigenvalue weighted by Gasteiger charge is -2.08. The van der Waals surface area contributed by atoms with Crippen molar-refractivity contribution in [3.63, 3.8) is 0 Å². The monoisotopic (exact) mass is 376 g/mol. The second kappa shape index (κ2) is 7.79. The van der Waals surface area contributed by atoms with Crippen LogP contribution in [-0.4, -0.2) is 31.6 Å². The van der Waals surface area contributed by atoms with Crippen LogP contribution in [-0.2, 0) is 0 Å². The molecule has 1 aliphatic rings. The van der Waals surface area contributed by atoms with Crippen LogP contribution in [0.3, 0.4) is 0 Å². The summed E-state index contributed by atoms with van der Waals surface area (Å²) in [6, 6.07) is 13.6. The molecule has 2 atom stereocenters. The van der Waals surface area contributed by atoms with E-state index in [2.05, 4.69) is 20.0 Å². The van der Waals surface area contributed by atoms with Gasteiger partial charge in [-0.15, -0.1) is 13.2 Å². The molecule has 0 bridgehead atoms. The van der Waals surface area contributed by atoms with Crippen molar-refractivity contribution in [3.05, 3.63) is 59.7 Å². The maximum atomic E-state index is 12.1. The molecule has 2 aromatic carbocycles. The summed E-state index contributed by atoms with van der Waals surface area (Å²) in [5, 5.41) is 3.25. The molecule has 0 aromatic heterocycles. The van der Waals surface area contributed by atoms with Crippen molar-refractivity contribution in [3.8, 4) is 5.75 Å². The van der Waals surface area contributed by atoms with Gasteiger partial charge in [0.25, 0.3) is 0 Å². The zero-order chi connectivity index (χ0) is 19.4. The van der Waals surface area contributed by atoms with Crippen molar-refractivity contribution in [2.75, 3.05) is 7.05 Å². The van der Waals surface area contributed by atoms with E-state index >= 15 is 0 Å². The highest BCUT2D eigenvalue weighted by Crippen LogP contribution is 2.40. The van der Waals surface area contributed by atoms with Crippen LogP contribution in [0.25, 0.3) is 0 Å². The first-order chi connectivity index (χ1) is 12.9. The van der Waals surface area contributed by atoms with Crippen LogP contribution in [0.1, 0.15) is 23.5 Å². The molecule has 3 rings (SSSR count). The van der Waals surface area contributed by atoms with Gasteiger partial charge in [-0.1, -0.05) is 24.3 Å². The zero-order valence-electron chi connectivity index (χ0n) is 14.6. The van der Waals surface area contributed by atoms with Gasteiger partial charge in [-0.25, -0.2) is 9.98 Å². The molecule has 3 N–H and O–H groups in total. The Kier molecular flexibility index (Phi) is 5.46. The van der Waals surface area contributed by atoms with Crippen LogP contribution in [0.2, 0.25) is 0 Å². The summed E-state index contributed by atoms with van der Waals surface area (Å²) in [5.74, 6) is 0.553. The van der Waals surface area contributed by atoms with Gasteiger partial charge in [-0.2, -0.15) is 0 Å². The van der Waals surface area contributed by atoms with Gasteiger partial charge in [-0.05, 0) is 43.3 Å². The highest BCUT2D eigenvalue weighted by molar-refractivity contribution is 6.01. The summed E-state index contributed by atoms with van der Waals surface area (Å²) >= 11 is 0. The van der Waals surface area contributed by atoms with Crippen LogP contribution in [0, 0.1) is 0 Å². The first-order valence-electron chi connectivity index (χ1n) is 8.35. The Morgan fingerprint density at radius 2 is 1.81 bits per heavy atom. The number of nitrogens with one attached hydrogen (secondary N) is 1. The Morgan fingerprint density at radius 3 is 2.37 bits per heavy atom. The second-order valence-electron chi connectivity index (χ2n) is 6.16. The van der Waals surface area contributed by atoms with E-state index in [4.69, 9.17) is 5.73 Å². The Morgan fingerprint density at radius 1 is 1.15 bits per heavy atom. The first-order valence-corrected chi connectivity index (χ1v) is 8.35. The average Bonchev–Trinajstić information content (AvgIpc) is 3.42. The van der Waals surface area contributed by atoms with Crippen LogP contribution >= 0.6 is 0 Å². The molecule has 2 aromatic rings. The van der Waals surface area contributed by atoms with Crippen molar-refractivity contribution in [1.82, 2.24) is 5.32 Å². The molecule has 0 spiro atoms. The Balaban J connectivity index is 1.59. The highest BCUT2D eigenvalue weighted by Gasteiger charge is 2.36. The summed E-state index contributed by atoms with van der Waals surface area (Å²) < 4.78 is 40.2. The lowest BCUT2D eigenvalue weighted by Crippen LogP contribution is -2.16. The standard InChI is InChI=1S/C19H19F3N4O/c1-24-17-10-16(17)12-2-4-13(5-3-12)18(23)26-11-25-14-6-8-15(9-7-14)27-19(20,21)22/h2-9,11,16-17,24H,10H2,1H3,(H2,23,25,26). The fourth-order valence-corrected chi connectivity index (χ4v) is 2.75. The molecule has 8 heteroatoms. The third-order valence-electron chi connectivity index (χ3n) is 4.27. The normalized spacial score (nSPS) is 20.1. The molecule has 0 amide bonds. The van der Waals surface area contributed by atoms with Crippen LogP contribution in [0.4, 0.5) is 18.9 Å². The summed E-state index contributed by atoms with van der Waals surface area (Å²) in [7, 11) is 1.96. The van der Waals surface area contributed by atoms with Crippen molar-refractivity contribution >= 4 is 17.9 Å². The van der Waals surface area contributed by atoms with E-state index in [-0.39, 0.29) is 5.75 Å². The summed E-state index contributed by atoms with van der Waals surface area (Å²) in [4.78, 5) is 8.12. The fourth-order valence-electron chi connectivity index (χ4n) is 2.75. The minimum absolute atomic E-state index is 0.305. The maximum Gasteiger partial charge on any atom is 0.573 e. The van der Waals surface area contributed by atoms with Crippen molar-refractivity contribution in [1.29, 1.82) is 0 Å². The molecule has 5 nitrogen and oxygen atoms in total. The molecule has 1 fully saturated rings. The van der Waals surface area contributed by atoms with Gasteiger partial charge in [0.15, 0.2) is 0 Å². The molecule has 0 heterocycles. The van der Waals surface area contributed by atoms with Gasteiger partial charge < -0.3 is 15.8 Å². The number of nitrogens with two attached hydrogens (primary N) is 1. The molecule has 0 aliphatic heterocycles. The molecule has 0 saturated heterocycles. The topological polar surface area (TPSA) is 72.0 Å². The number of ether oxygens (including phenoxy) is 1. The summed E-state index contributed by atoms with van der Waals surface area (Å²) in [6.45, 7) is 0. The number of hydrogen-bond donors (Lipinski definition) is 2. The maximum absolute atomic E-state index is 12.1. The van der Waals surface area contributed by atoms with E-state index in [1.54, 1.807) is 0 Å².